The topological polar surface area (TPSA) is 59.1 Å². The van der Waals surface area contributed by atoms with Crippen molar-refractivity contribution < 1.29 is 19.1 Å². The number of carbonyl (C=O) groups excluding carboxylic acids is 2. The van der Waals surface area contributed by atoms with Gasteiger partial charge in [-0.3, -0.25) is 14.5 Å². The van der Waals surface area contributed by atoms with Crippen LogP contribution in [-0.2, 0) is 4.79 Å². The summed E-state index contributed by atoms with van der Waals surface area (Å²) in [7, 11) is 1.57. The molecule has 1 fully saturated rings. The van der Waals surface area contributed by atoms with E-state index in [1.807, 2.05) is 44.2 Å². The van der Waals surface area contributed by atoms with Gasteiger partial charge in [-0.1, -0.05) is 35.9 Å². The molecule has 1 saturated heterocycles. The lowest BCUT2D eigenvalue weighted by Crippen LogP contribution is -2.51. The molecular weight excluding hydrogens is 368 g/mol. The number of piperazine rings is 1. The van der Waals surface area contributed by atoms with Crippen LogP contribution in [-0.4, -0.2) is 67.9 Å². The number of ether oxygens (including phenoxy) is 2. The molecule has 2 aromatic carbocycles. The predicted molar refractivity (Wildman–Crippen MR) is 112 cm³/mol. The first-order valence-corrected chi connectivity index (χ1v) is 9.84. The van der Waals surface area contributed by atoms with E-state index in [9.17, 15) is 9.59 Å². The minimum absolute atomic E-state index is 0.0259. The number of para-hydroxylation sites is 2. The van der Waals surface area contributed by atoms with E-state index in [1.54, 1.807) is 24.1 Å². The van der Waals surface area contributed by atoms with Gasteiger partial charge in [-0.15, -0.1) is 0 Å². The zero-order valence-corrected chi connectivity index (χ0v) is 17.3. The Hall–Kier alpha value is -2.86. The molecule has 1 amide bonds. The van der Waals surface area contributed by atoms with Gasteiger partial charge < -0.3 is 14.4 Å². The summed E-state index contributed by atoms with van der Waals surface area (Å²) in [5, 5.41) is 0. The summed E-state index contributed by atoms with van der Waals surface area (Å²) in [6.45, 7) is 6.88. The Bertz CT molecular complexity index is 873. The number of benzene rings is 2. The van der Waals surface area contributed by atoms with E-state index in [-0.39, 0.29) is 18.3 Å². The van der Waals surface area contributed by atoms with E-state index in [1.165, 1.54) is 0 Å². The number of carbonyl (C=O) groups is 2. The highest BCUT2D eigenvalue weighted by molar-refractivity contribution is 5.99. The minimum Gasteiger partial charge on any atom is -0.493 e. The molecule has 154 valence electrons. The molecule has 0 N–H and O–H groups in total. The van der Waals surface area contributed by atoms with Crippen LogP contribution in [0.1, 0.15) is 21.5 Å². The lowest BCUT2D eigenvalue weighted by Gasteiger charge is -2.34. The molecule has 3 rings (SSSR count). The van der Waals surface area contributed by atoms with E-state index in [0.29, 0.717) is 44.2 Å². The van der Waals surface area contributed by atoms with Gasteiger partial charge in [0.1, 0.15) is 0 Å². The van der Waals surface area contributed by atoms with Crippen molar-refractivity contribution in [2.75, 3.05) is 46.4 Å². The van der Waals surface area contributed by atoms with E-state index < -0.39 is 0 Å². The Labute approximate surface area is 172 Å². The highest BCUT2D eigenvalue weighted by Crippen LogP contribution is 2.25. The molecule has 0 saturated carbocycles. The summed E-state index contributed by atoms with van der Waals surface area (Å²) >= 11 is 0. The minimum atomic E-state index is -0.0590. The molecule has 1 aliphatic heterocycles. The quantitative estimate of drug-likeness (QED) is 0.674. The maximum atomic E-state index is 12.6. The molecule has 6 nitrogen and oxygen atoms in total. The van der Waals surface area contributed by atoms with Crippen molar-refractivity contribution in [1.29, 1.82) is 0 Å². The van der Waals surface area contributed by atoms with Gasteiger partial charge in [0.05, 0.1) is 13.7 Å². The van der Waals surface area contributed by atoms with Crippen molar-refractivity contribution in [1.82, 2.24) is 9.80 Å². The number of nitrogens with zero attached hydrogens (tertiary/aromatic N) is 2. The highest BCUT2D eigenvalue weighted by Gasteiger charge is 2.23. The van der Waals surface area contributed by atoms with E-state index in [4.69, 9.17) is 9.47 Å². The molecule has 1 heterocycles. The Morgan fingerprint density at radius 1 is 0.966 bits per heavy atom. The van der Waals surface area contributed by atoms with Crippen molar-refractivity contribution in [3.05, 3.63) is 59.2 Å². The lowest BCUT2D eigenvalue weighted by atomic mass is 10.0. The molecule has 6 heteroatoms. The molecule has 0 aliphatic carbocycles. The Morgan fingerprint density at radius 3 is 2.31 bits per heavy atom. The lowest BCUT2D eigenvalue weighted by molar-refractivity contribution is -0.135. The first-order valence-electron chi connectivity index (χ1n) is 9.84. The van der Waals surface area contributed by atoms with Gasteiger partial charge in [0.15, 0.2) is 23.9 Å². The molecule has 0 atom stereocenters. The molecule has 0 bridgehead atoms. The van der Waals surface area contributed by atoms with Crippen molar-refractivity contribution >= 4 is 11.7 Å². The molecule has 0 spiro atoms. The fourth-order valence-corrected chi connectivity index (χ4v) is 3.54. The molecule has 0 aromatic heterocycles. The number of hydrogen-bond acceptors (Lipinski definition) is 5. The summed E-state index contributed by atoms with van der Waals surface area (Å²) in [6, 6.07) is 13.2. The maximum absolute atomic E-state index is 12.6. The van der Waals surface area contributed by atoms with Gasteiger partial charge in [0.2, 0.25) is 0 Å². The highest BCUT2D eigenvalue weighted by atomic mass is 16.5. The van der Waals surface area contributed by atoms with Crippen molar-refractivity contribution in [2.45, 2.75) is 13.8 Å². The number of amides is 1. The molecule has 2 aromatic rings. The molecule has 29 heavy (non-hydrogen) atoms. The van der Waals surface area contributed by atoms with Gasteiger partial charge in [-0.05, 0) is 31.5 Å². The van der Waals surface area contributed by atoms with Gasteiger partial charge in [-0.2, -0.15) is 0 Å². The van der Waals surface area contributed by atoms with Crippen LogP contribution in [0.5, 0.6) is 11.5 Å². The average molecular weight is 396 g/mol. The van der Waals surface area contributed by atoms with Crippen molar-refractivity contribution in [3.63, 3.8) is 0 Å². The molecule has 0 unspecified atom stereocenters. The zero-order valence-electron chi connectivity index (χ0n) is 17.3. The Balaban J connectivity index is 1.47. The van der Waals surface area contributed by atoms with Gasteiger partial charge in [0, 0.05) is 31.7 Å². The Morgan fingerprint density at radius 2 is 1.66 bits per heavy atom. The fraction of sp³-hybridized carbons (Fsp3) is 0.391. The number of rotatable bonds is 7. The van der Waals surface area contributed by atoms with Gasteiger partial charge in [0.25, 0.3) is 5.91 Å². The maximum Gasteiger partial charge on any atom is 0.260 e. The second-order valence-electron chi connectivity index (χ2n) is 7.34. The molecular formula is C23H28N2O4. The van der Waals surface area contributed by atoms with Crippen LogP contribution in [0.3, 0.4) is 0 Å². The van der Waals surface area contributed by atoms with E-state index in [2.05, 4.69) is 4.90 Å². The van der Waals surface area contributed by atoms with E-state index >= 15 is 0 Å². The molecule has 0 radical (unpaired) electrons. The van der Waals surface area contributed by atoms with Crippen molar-refractivity contribution in [2.24, 2.45) is 0 Å². The summed E-state index contributed by atoms with van der Waals surface area (Å²) in [5.41, 5.74) is 2.94. The van der Waals surface area contributed by atoms with E-state index in [0.717, 1.165) is 16.7 Å². The normalized spacial score (nSPS) is 14.5. The molecule has 1 aliphatic rings. The van der Waals surface area contributed by atoms with Gasteiger partial charge >= 0.3 is 0 Å². The summed E-state index contributed by atoms with van der Waals surface area (Å²) in [5.74, 6) is 1.23. The predicted octanol–water partition coefficient (Wildman–Crippen LogP) is 2.72. The fourth-order valence-electron chi connectivity index (χ4n) is 3.54. The number of hydrogen-bond donors (Lipinski definition) is 0. The number of Topliss-reactive ketones (excluding diaryl/α,β-unsaturated/α-hetero) is 1. The monoisotopic (exact) mass is 396 g/mol. The Kier molecular flexibility index (Phi) is 6.88. The van der Waals surface area contributed by atoms with Crippen LogP contribution >= 0.6 is 0 Å². The number of methoxy groups -OCH3 is 1. The summed E-state index contributed by atoms with van der Waals surface area (Å²) in [4.78, 5) is 29.0. The van der Waals surface area contributed by atoms with Crippen LogP contribution in [0.25, 0.3) is 0 Å². The van der Waals surface area contributed by atoms with Crippen LogP contribution in [0, 0.1) is 13.8 Å². The average Bonchev–Trinajstić information content (AvgIpc) is 2.72. The van der Waals surface area contributed by atoms with Gasteiger partial charge in [-0.25, -0.2) is 0 Å². The third-order valence-corrected chi connectivity index (χ3v) is 5.19. The third kappa shape index (κ3) is 5.35. The second kappa shape index (κ2) is 9.56. The van der Waals surface area contributed by atoms with Crippen LogP contribution in [0.2, 0.25) is 0 Å². The number of aryl methyl sites for hydroxylation is 2. The summed E-state index contributed by atoms with van der Waals surface area (Å²) < 4.78 is 10.9. The largest absolute Gasteiger partial charge is 0.493 e. The first kappa shape index (κ1) is 20.9. The van der Waals surface area contributed by atoms with Crippen LogP contribution in [0.15, 0.2) is 42.5 Å². The van der Waals surface area contributed by atoms with Crippen molar-refractivity contribution in [3.8, 4) is 11.5 Å². The third-order valence-electron chi connectivity index (χ3n) is 5.19. The standard InChI is InChI=1S/C23H28N2O4/c1-17-8-9-19(18(2)14-17)20(26)15-24-10-12-25(13-11-24)23(27)16-29-22-7-5-4-6-21(22)28-3/h4-9,14H,10-13,15-16H2,1-3H3. The van der Waals surface area contributed by atoms with Crippen LogP contribution in [0.4, 0.5) is 0 Å². The van der Waals surface area contributed by atoms with Crippen LogP contribution < -0.4 is 9.47 Å². The smallest absolute Gasteiger partial charge is 0.260 e. The second-order valence-corrected chi connectivity index (χ2v) is 7.34. The first-order chi connectivity index (χ1) is 14.0. The number of ketones is 1. The summed E-state index contributed by atoms with van der Waals surface area (Å²) in [6.07, 6.45) is 0. The SMILES string of the molecule is COc1ccccc1OCC(=O)N1CCN(CC(=O)c2ccc(C)cc2C)CC1. The zero-order chi connectivity index (χ0) is 20.8.